The van der Waals surface area contributed by atoms with E-state index < -0.39 is 0 Å². The maximum Gasteiger partial charge on any atom is 0.156 e. The Kier molecular flexibility index (Phi) is 4.28. The summed E-state index contributed by atoms with van der Waals surface area (Å²) in [5.41, 5.74) is 9.65. The van der Waals surface area contributed by atoms with E-state index in [1.165, 1.54) is 49.3 Å². The fourth-order valence-electron chi connectivity index (χ4n) is 6.41. The van der Waals surface area contributed by atoms with Crippen LogP contribution in [0.1, 0.15) is 25.0 Å². The summed E-state index contributed by atoms with van der Waals surface area (Å²) >= 11 is 0. The van der Waals surface area contributed by atoms with Gasteiger partial charge in [0.15, 0.2) is 5.82 Å². The fraction of sp³-hybridized carbons (Fsp3) is 0.0857. The van der Waals surface area contributed by atoms with E-state index in [9.17, 15) is 0 Å². The lowest BCUT2D eigenvalue weighted by Crippen LogP contribution is -2.14. The van der Waals surface area contributed by atoms with Gasteiger partial charge in [0, 0.05) is 27.1 Å². The number of aromatic nitrogens is 3. The van der Waals surface area contributed by atoms with E-state index in [-0.39, 0.29) is 5.41 Å². The zero-order chi connectivity index (χ0) is 25.4. The van der Waals surface area contributed by atoms with Crippen molar-refractivity contribution in [2.45, 2.75) is 19.3 Å². The Balaban J connectivity index is 1.43. The molecule has 0 spiro atoms. The number of fused-ring (bicyclic) bond motifs is 8. The first kappa shape index (κ1) is 21.3. The van der Waals surface area contributed by atoms with Crippen molar-refractivity contribution >= 4 is 32.6 Å². The Morgan fingerprint density at radius 1 is 0.605 bits per heavy atom. The van der Waals surface area contributed by atoms with Crippen LogP contribution >= 0.6 is 0 Å². The van der Waals surface area contributed by atoms with Crippen molar-refractivity contribution in [2.24, 2.45) is 0 Å². The van der Waals surface area contributed by atoms with Gasteiger partial charge in [-0.15, -0.1) is 0 Å². The Morgan fingerprint density at radius 2 is 1.39 bits per heavy atom. The molecule has 3 nitrogen and oxygen atoms in total. The van der Waals surface area contributed by atoms with Gasteiger partial charge < -0.3 is 0 Å². The molecule has 1 aliphatic carbocycles. The first-order valence-corrected chi connectivity index (χ1v) is 13.1. The fourth-order valence-corrected chi connectivity index (χ4v) is 6.41. The Bertz CT molecular complexity index is 2030. The van der Waals surface area contributed by atoms with Crippen molar-refractivity contribution in [3.05, 3.63) is 127 Å². The standard InChI is InChI=1S/C35H25N3/c1-35(2)29-14-8-6-12-24(29)28-18-23-16-17-26-25-13-7-9-15-32(25)38(34(26)27(23)19-30(28)35)33-21-36-31(20-37-33)22-10-4-3-5-11-22/h3-21H,1-2H3. The molecule has 0 N–H and O–H groups in total. The van der Waals surface area contributed by atoms with E-state index in [0.717, 1.165) is 22.6 Å². The van der Waals surface area contributed by atoms with Crippen LogP contribution in [0.4, 0.5) is 0 Å². The summed E-state index contributed by atoms with van der Waals surface area (Å²) in [7, 11) is 0. The smallest absolute Gasteiger partial charge is 0.156 e. The van der Waals surface area contributed by atoms with Crippen LogP contribution in [0.15, 0.2) is 116 Å². The van der Waals surface area contributed by atoms with Gasteiger partial charge in [-0.1, -0.05) is 98.8 Å². The van der Waals surface area contributed by atoms with Crippen LogP contribution in [0.5, 0.6) is 0 Å². The molecule has 5 aromatic carbocycles. The maximum atomic E-state index is 4.94. The SMILES string of the molecule is CC1(C)c2ccccc2-c2cc3ccc4c5ccccc5n(-c5cnc(-c6ccccc6)cn5)c4c3cc21. The molecule has 180 valence electrons. The lowest BCUT2D eigenvalue weighted by atomic mass is 9.82. The molecule has 0 saturated heterocycles. The molecule has 0 fully saturated rings. The molecular weight excluding hydrogens is 462 g/mol. The van der Waals surface area contributed by atoms with Crippen molar-refractivity contribution in [3.63, 3.8) is 0 Å². The minimum absolute atomic E-state index is 0.0593. The van der Waals surface area contributed by atoms with Crippen molar-refractivity contribution in [1.82, 2.24) is 14.5 Å². The molecule has 7 aromatic rings. The summed E-state index contributed by atoms with van der Waals surface area (Å²) < 4.78 is 2.29. The molecule has 0 atom stereocenters. The second-order valence-electron chi connectivity index (χ2n) is 10.7. The zero-order valence-electron chi connectivity index (χ0n) is 21.3. The lowest BCUT2D eigenvalue weighted by molar-refractivity contribution is 0.661. The summed E-state index contributed by atoms with van der Waals surface area (Å²) in [5.74, 6) is 0.825. The monoisotopic (exact) mass is 487 g/mol. The molecule has 0 radical (unpaired) electrons. The molecule has 0 saturated carbocycles. The summed E-state index contributed by atoms with van der Waals surface area (Å²) in [5, 5.41) is 4.94. The van der Waals surface area contributed by atoms with E-state index in [4.69, 9.17) is 9.97 Å². The molecule has 0 unspecified atom stereocenters. The van der Waals surface area contributed by atoms with Gasteiger partial charge >= 0.3 is 0 Å². The Labute approximate surface area is 221 Å². The Morgan fingerprint density at radius 3 is 2.24 bits per heavy atom. The van der Waals surface area contributed by atoms with Gasteiger partial charge in [-0.3, -0.25) is 9.55 Å². The number of rotatable bonds is 2. The van der Waals surface area contributed by atoms with E-state index in [2.05, 4.69) is 103 Å². The maximum absolute atomic E-state index is 4.94. The summed E-state index contributed by atoms with van der Waals surface area (Å²) in [6.45, 7) is 4.68. The van der Waals surface area contributed by atoms with Crippen LogP contribution < -0.4 is 0 Å². The van der Waals surface area contributed by atoms with Crippen LogP contribution in [0.2, 0.25) is 0 Å². The molecule has 38 heavy (non-hydrogen) atoms. The summed E-state index contributed by atoms with van der Waals surface area (Å²) in [6, 6.07) is 37.0. The summed E-state index contributed by atoms with van der Waals surface area (Å²) in [4.78, 5) is 9.76. The van der Waals surface area contributed by atoms with Gasteiger partial charge in [0.2, 0.25) is 0 Å². The first-order valence-electron chi connectivity index (χ1n) is 13.1. The average Bonchev–Trinajstić information content (AvgIpc) is 3.42. The lowest BCUT2D eigenvalue weighted by Gasteiger charge is -2.22. The third kappa shape index (κ3) is 2.84. The molecule has 1 aliphatic rings. The third-order valence-corrected chi connectivity index (χ3v) is 8.29. The first-order chi connectivity index (χ1) is 18.6. The van der Waals surface area contributed by atoms with Crippen LogP contribution in [-0.2, 0) is 5.41 Å². The predicted octanol–water partition coefficient (Wildman–Crippen LogP) is 8.70. The number of benzene rings is 5. The third-order valence-electron chi connectivity index (χ3n) is 8.29. The number of para-hydroxylation sites is 1. The zero-order valence-corrected chi connectivity index (χ0v) is 21.3. The van der Waals surface area contributed by atoms with Crippen molar-refractivity contribution < 1.29 is 0 Å². The predicted molar refractivity (Wildman–Crippen MR) is 157 cm³/mol. The van der Waals surface area contributed by atoms with Crippen LogP contribution in [0, 0.1) is 0 Å². The largest absolute Gasteiger partial charge is 0.292 e. The van der Waals surface area contributed by atoms with Crippen molar-refractivity contribution in [1.29, 1.82) is 0 Å². The van der Waals surface area contributed by atoms with E-state index in [0.29, 0.717) is 0 Å². The molecule has 0 aliphatic heterocycles. The molecule has 8 rings (SSSR count). The minimum Gasteiger partial charge on any atom is -0.292 e. The van der Waals surface area contributed by atoms with Crippen LogP contribution in [0.25, 0.3) is 60.8 Å². The molecule has 3 heteroatoms. The minimum atomic E-state index is -0.0593. The molecule has 0 amide bonds. The van der Waals surface area contributed by atoms with Gasteiger partial charge in [0.05, 0.1) is 29.1 Å². The number of nitrogens with zero attached hydrogens (tertiary/aromatic N) is 3. The van der Waals surface area contributed by atoms with Crippen LogP contribution in [-0.4, -0.2) is 14.5 Å². The van der Waals surface area contributed by atoms with Gasteiger partial charge in [0.25, 0.3) is 0 Å². The highest BCUT2D eigenvalue weighted by molar-refractivity contribution is 6.19. The normalized spacial score (nSPS) is 13.7. The van der Waals surface area contributed by atoms with Gasteiger partial charge in [0.1, 0.15) is 0 Å². The Hall–Kier alpha value is -4.76. The topological polar surface area (TPSA) is 30.7 Å². The molecule has 0 bridgehead atoms. The second kappa shape index (κ2) is 7.62. The van der Waals surface area contributed by atoms with E-state index in [1.807, 2.05) is 30.6 Å². The quantitative estimate of drug-likeness (QED) is 0.244. The van der Waals surface area contributed by atoms with Gasteiger partial charge in [-0.05, 0) is 45.8 Å². The number of hydrogen-bond donors (Lipinski definition) is 0. The van der Waals surface area contributed by atoms with E-state index >= 15 is 0 Å². The van der Waals surface area contributed by atoms with Crippen molar-refractivity contribution in [2.75, 3.05) is 0 Å². The average molecular weight is 488 g/mol. The highest BCUT2D eigenvalue weighted by Gasteiger charge is 2.35. The molecule has 2 aromatic heterocycles. The highest BCUT2D eigenvalue weighted by atomic mass is 15.1. The highest BCUT2D eigenvalue weighted by Crippen LogP contribution is 2.50. The molecular formula is C35H25N3. The van der Waals surface area contributed by atoms with Crippen LogP contribution in [0.3, 0.4) is 0 Å². The van der Waals surface area contributed by atoms with Gasteiger partial charge in [-0.2, -0.15) is 0 Å². The number of hydrogen-bond acceptors (Lipinski definition) is 2. The second-order valence-corrected chi connectivity index (χ2v) is 10.7. The van der Waals surface area contributed by atoms with Gasteiger partial charge in [-0.25, -0.2) is 4.98 Å². The van der Waals surface area contributed by atoms with E-state index in [1.54, 1.807) is 0 Å². The molecule has 2 heterocycles. The van der Waals surface area contributed by atoms with Crippen molar-refractivity contribution in [3.8, 4) is 28.2 Å². The summed E-state index contributed by atoms with van der Waals surface area (Å²) in [6.07, 6.45) is 3.79.